The molecule has 0 bridgehead atoms. The number of hydrogen-bond acceptors (Lipinski definition) is 4. The van der Waals surface area contributed by atoms with Gasteiger partial charge in [0, 0.05) is 29.4 Å². The lowest BCUT2D eigenvalue weighted by atomic mass is 9.76. The molecule has 1 amide bonds. The van der Waals surface area contributed by atoms with Crippen molar-refractivity contribution in [3.05, 3.63) is 69.7 Å². The molecule has 1 aliphatic rings. The van der Waals surface area contributed by atoms with Crippen molar-refractivity contribution in [1.82, 2.24) is 10.2 Å². The van der Waals surface area contributed by atoms with Crippen LogP contribution in [0.4, 0.5) is 0 Å². The average molecular weight is 520 g/mol. The number of nitrogens with one attached hydrogen (secondary N) is 1. The molecule has 2 aromatic carbocycles. The van der Waals surface area contributed by atoms with Crippen LogP contribution in [0.2, 0.25) is 10.0 Å². The number of hydrogen-bond donors (Lipinski definition) is 1. The summed E-state index contributed by atoms with van der Waals surface area (Å²) in [5.41, 5.74) is 2.63. The van der Waals surface area contributed by atoms with Gasteiger partial charge in [-0.1, -0.05) is 60.3 Å². The molecule has 5 nitrogen and oxygen atoms in total. The molecule has 1 saturated heterocycles. The van der Waals surface area contributed by atoms with Gasteiger partial charge in [0.05, 0.1) is 0 Å². The molecule has 0 aliphatic carbocycles. The van der Waals surface area contributed by atoms with Gasteiger partial charge in [-0.3, -0.25) is 9.59 Å². The summed E-state index contributed by atoms with van der Waals surface area (Å²) < 4.78 is 4.68. The first-order chi connectivity index (χ1) is 16.9. The van der Waals surface area contributed by atoms with E-state index in [-0.39, 0.29) is 12.5 Å². The second-order valence-electron chi connectivity index (χ2n) is 9.30. The van der Waals surface area contributed by atoms with Crippen LogP contribution in [0.3, 0.4) is 0 Å². The van der Waals surface area contributed by atoms with E-state index >= 15 is 0 Å². The zero-order chi connectivity index (χ0) is 25.0. The Morgan fingerprint density at radius 1 is 0.914 bits per heavy atom. The molecule has 1 fully saturated rings. The molecule has 0 radical (unpaired) electrons. The summed E-state index contributed by atoms with van der Waals surface area (Å²) in [6.07, 6.45) is 6.69. The number of carbonyl (C=O) groups excluding carboxylic acids is 2. The van der Waals surface area contributed by atoms with Gasteiger partial charge in [-0.05, 0) is 86.6 Å². The summed E-state index contributed by atoms with van der Waals surface area (Å²) in [7, 11) is 0. The summed E-state index contributed by atoms with van der Waals surface area (Å²) in [4.78, 5) is 24.8. The highest BCUT2D eigenvalue weighted by atomic mass is 35.5. The Morgan fingerprint density at radius 2 is 1.46 bits per heavy atom. The Bertz CT molecular complexity index is 881. The van der Waals surface area contributed by atoms with Gasteiger partial charge < -0.3 is 15.0 Å². The standard InChI is InChI=1S/C28H36Cl2N2O3/c1-21(33)35-20-27(34)31-16-4-2-3-5-17-32-18-14-24(15-19-32)28(22-6-10-25(29)11-7-22)23-8-12-26(30)13-9-23/h6-13,24,28H,2-5,14-20H2,1H3,(H,31,34). The van der Waals surface area contributed by atoms with Crippen LogP contribution in [0.1, 0.15) is 62.5 Å². The van der Waals surface area contributed by atoms with Crippen LogP contribution < -0.4 is 5.32 Å². The maximum atomic E-state index is 11.5. The molecule has 0 unspecified atom stereocenters. The number of unbranched alkanes of at least 4 members (excludes halogenated alkanes) is 3. The van der Waals surface area contributed by atoms with Gasteiger partial charge in [-0.25, -0.2) is 0 Å². The van der Waals surface area contributed by atoms with Gasteiger partial charge in [-0.2, -0.15) is 0 Å². The predicted octanol–water partition coefficient (Wildman–Crippen LogP) is 6.08. The second kappa shape index (κ2) is 14.5. The Balaban J connectivity index is 1.39. The molecule has 0 saturated carbocycles. The number of likely N-dealkylation sites (tertiary alicyclic amines) is 1. The molecule has 3 rings (SSSR count). The maximum absolute atomic E-state index is 11.5. The summed E-state index contributed by atoms with van der Waals surface area (Å²) >= 11 is 12.3. The van der Waals surface area contributed by atoms with E-state index in [1.54, 1.807) is 0 Å². The monoisotopic (exact) mass is 518 g/mol. The van der Waals surface area contributed by atoms with E-state index in [1.165, 1.54) is 37.3 Å². The van der Waals surface area contributed by atoms with Gasteiger partial charge in [0.2, 0.25) is 0 Å². The number of halogens is 2. The van der Waals surface area contributed by atoms with Crippen LogP contribution in [0.5, 0.6) is 0 Å². The molecule has 0 aromatic heterocycles. The van der Waals surface area contributed by atoms with Gasteiger partial charge >= 0.3 is 5.97 Å². The molecular weight excluding hydrogens is 483 g/mol. The minimum atomic E-state index is -0.435. The zero-order valence-electron chi connectivity index (χ0n) is 20.5. The summed E-state index contributed by atoms with van der Waals surface area (Å²) in [6.45, 7) is 5.10. The predicted molar refractivity (Wildman–Crippen MR) is 142 cm³/mol. The SMILES string of the molecule is CC(=O)OCC(=O)NCCCCCCN1CCC(C(c2ccc(Cl)cc2)c2ccc(Cl)cc2)CC1. The number of esters is 1. The number of amides is 1. The van der Waals surface area contributed by atoms with E-state index in [1.807, 2.05) is 24.3 Å². The average Bonchev–Trinajstić information content (AvgIpc) is 2.85. The molecule has 190 valence electrons. The third-order valence-corrected chi connectivity index (χ3v) is 7.20. The third-order valence-electron chi connectivity index (χ3n) is 6.69. The minimum Gasteiger partial charge on any atom is -0.456 e. The maximum Gasteiger partial charge on any atom is 0.303 e. The first-order valence-corrected chi connectivity index (χ1v) is 13.3. The van der Waals surface area contributed by atoms with Crippen LogP contribution in [0.15, 0.2) is 48.5 Å². The second-order valence-corrected chi connectivity index (χ2v) is 10.2. The third kappa shape index (κ3) is 9.47. The molecule has 2 aromatic rings. The van der Waals surface area contributed by atoms with E-state index in [9.17, 15) is 9.59 Å². The van der Waals surface area contributed by atoms with Crippen molar-refractivity contribution in [1.29, 1.82) is 0 Å². The Kier molecular flexibility index (Phi) is 11.4. The molecule has 0 spiro atoms. The van der Waals surface area contributed by atoms with Crippen LogP contribution >= 0.6 is 23.2 Å². The van der Waals surface area contributed by atoms with Crippen LogP contribution in [-0.2, 0) is 14.3 Å². The van der Waals surface area contributed by atoms with Crippen LogP contribution in [-0.4, -0.2) is 49.6 Å². The lowest BCUT2D eigenvalue weighted by Crippen LogP contribution is -2.36. The van der Waals surface area contributed by atoms with Crippen LogP contribution in [0.25, 0.3) is 0 Å². The normalized spacial score (nSPS) is 14.7. The number of nitrogens with zero attached hydrogens (tertiary/aromatic N) is 1. The highest BCUT2D eigenvalue weighted by Gasteiger charge is 2.28. The van der Waals surface area contributed by atoms with Crippen molar-refractivity contribution >= 4 is 35.1 Å². The Morgan fingerprint density at radius 3 is 2.00 bits per heavy atom. The number of rotatable bonds is 12. The number of ether oxygens (including phenoxy) is 1. The van der Waals surface area contributed by atoms with Crippen molar-refractivity contribution in [3.8, 4) is 0 Å². The van der Waals surface area contributed by atoms with Gasteiger partial charge in [0.1, 0.15) is 0 Å². The summed E-state index contributed by atoms with van der Waals surface area (Å²) in [5, 5.41) is 4.32. The van der Waals surface area contributed by atoms with E-state index in [0.29, 0.717) is 18.4 Å². The zero-order valence-corrected chi connectivity index (χ0v) is 22.0. The van der Waals surface area contributed by atoms with Crippen LogP contribution in [0, 0.1) is 5.92 Å². The fraction of sp³-hybridized carbons (Fsp3) is 0.500. The number of benzene rings is 2. The highest BCUT2D eigenvalue weighted by molar-refractivity contribution is 6.30. The van der Waals surface area contributed by atoms with Crippen molar-refractivity contribution in [2.24, 2.45) is 5.92 Å². The first-order valence-electron chi connectivity index (χ1n) is 12.6. The first kappa shape index (κ1) is 27.5. The molecule has 35 heavy (non-hydrogen) atoms. The topological polar surface area (TPSA) is 58.6 Å². The van der Waals surface area contributed by atoms with Gasteiger partial charge in [-0.15, -0.1) is 0 Å². The fourth-order valence-corrected chi connectivity index (χ4v) is 5.10. The van der Waals surface area contributed by atoms with Crippen molar-refractivity contribution in [3.63, 3.8) is 0 Å². The van der Waals surface area contributed by atoms with Crippen molar-refractivity contribution in [2.75, 3.05) is 32.8 Å². The fourth-order valence-electron chi connectivity index (χ4n) is 4.85. The van der Waals surface area contributed by atoms with Gasteiger partial charge in [0.15, 0.2) is 6.61 Å². The largest absolute Gasteiger partial charge is 0.456 e. The molecule has 7 heteroatoms. The van der Waals surface area contributed by atoms with Crippen molar-refractivity contribution in [2.45, 2.75) is 51.4 Å². The van der Waals surface area contributed by atoms with Crippen molar-refractivity contribution < 1.29 is 14.3 Å². The van der Waals surface area contributed by atoms with E-state index in [4.69, 9.17) is 23.2 Å². The number of carbonyl (C=O) groups is 2. The Hall–Kier alpha value is -2.08. The lowest BCUT2D eigenvalue weighted by molar-refractivity contribution is -0.146. The van der Waals surface area contributed by atoms with E-state index < -0.39 is 5.97 Å². The quantitative estimate of drug-likeness (QED) is 0.273. The highest BCUT2D eigenvalue weighted by Crippen LogP contribution is 2.38. The molecule has 0 atom stereocenters. The lowest BCUT2D eigenvalue weighted by Gasteiger charge is -2.36. The molecular formula is C28H36Cl2N2O3. The Labute approximate surface area is 219 Å². The minimum absolute atomic E-state index is 0.192. The van der Waals surface area contributed by atoms with E-state index in [0.717, 1.165) is 48.9 Å². The van der Waals surface area contributed by atoms with E-state index in [2.05, 4.69) is 39.2 Å². The molecule has 1 N–H and O–H groups in total. The summed E-state index contributed by atoms with van der Waals surface area (Å²) in [5.74, 6) is 0.264. The smallest absolute Gasteiger partial charge is 0.303 e. The molecule has 1 heterocycles. The van der Waals surface area contributed by atoms with Gasteiger partial charge in [0.25, 0.3) is 5.91 Å². The number of piperidine rings is 1. The summed E-state index contributed by atoms with van der Waals surface area (Å²) in [6, 6.07) is 16.6. The molecule has 1 aliphatic heterocycles.